The van der Waals surface area contributed by atoms with Crippen LogP contribution in [0.2, 0.25) is 0 Å². The number of benzene rings is 1. The van der Waals surface area contributed by atoms with Gasteiger partial charge in [-0.3, -0.25) is 0 Å². The predicted octanol–water partition coefficient (Wildman–Crippen LogP) is 2.81. The minimum atomic E-state index is -3.68. The van der Waals surface area contributed by atoms with Crippen molar-refractivity contribution in [1.82, 2.24) is 4.31 Å². The lowest BCUT2D eigenvalue weighted by Crippen LogP contribution is -2.52. The molecule has 1 fully saturated rings. The summed E-state index contributed by atoms with van der Waals surface area (Å²) in [6.07, 6.45) is -2.46. The summed E-state index contributed by atoms with van der Waals surface area (Å²) in [6, 6.07) is 1.95. The second-order valence-electron chi connectivity index (χ2n) is 5.51. The van der Waals surface area contributed by atoms with Crippen molar-refractivity contribution in [2.24, 2.45) is 5.92 Å². The average Bonchev–Trinajstić information content (AvgIpc) is 2.23. The Labute approximate surface area is 118 Å². The van der Waals surface area contributed by atoms with E-state index in [-0.39, 0.29) is 18.0 Å². The third kappa shape index (κ3) is 2.35. The van der Waals surface area contributed by atoms with Gasteiger partial charge in [0.2, 0.25) is 16.4 Å². The number of halogens is 2. The predicted molar refractivity (Wildman–Crippen MR) is 73.6 cm³/mol. The molecule has 3 nitrogen and oxygen atoms in total. The Morgan fingerprint density at radius 3 is 1.95 bits per heavy atom. The molecule has 0 atom stereocenters. The van der Waals surface area contributed by atoms with Crippen LogP contribution < -0.4 is 0 Å². The molecule has 1 aromatic carbocycles. The van der Waals surface area contributed by atoms with Gasteiger partial charge in [0.1, 0.15) is 0 Å². The zero-order chi connectivity index (χ0) is 15.2. The highest BCUT2D eigenvalue weighted by molar-refractivity contribution is 7.89. The standard InChI is InChI=1S/C14H19F2NO2S/c1-8-5-9(2)11(4)13(10(8)3)20(18,19)17-6-12(7-17)14(15)16/h5,12,14H,6-7H2,1-4H3. The maximum absolute atomic E-state index is 12.6. The Hall–Kier alpha value is -1.01. The van der Waals surface area contributed by atoms with Gasteiger partial charge in [0.15, 0.2) is 0 Å². The minimum absolute atomic E-state index is 0.0914. The van der Waals surface area contributed by atoms with E-state index in [2.05, 4.69) is 0 Å². The SMILES string of the molecule is Cc1cc(C)c(C)c(S(=O)(=O)N2CC(C(F)F)C2)c1C. The van der Waals surface area contributed by atoms with Crippen molar-refractivity contribution in [3.63, 3.8) is 0 Å². The fourth-order valence-corrected chi connectivity index (χ4v) is 4.65. The fourth-order valence-electron chi connectivity index (χ4n) is 2.52. The van der Waals surface area contributed by atoms with E-state index in [0.29, 0.717) is 11.1 Å². The van der Waals surface area contributed by atoms with Crippen LogP contribution in [0.1, 0.15) is 22.3 Å². The highest BCUT2D eigenvalue weighted by atomic mass is 32.2. The van der Waals surface area contributed by atoms with E-state index < -0.39 is 22.4 Å². The van der Waals surface area contributed by atoms with E-state index in [9.17, 15) is 17.2 Å². The molecule has 0 saturated carbocycles. The van der Waals surface area contributed by atoms with Crippen molar-refractivity contribution in [2.75, 3.05) is 13.1 Å². The monoisotopic (exact) mass is 303 g/mol. The van der Waals surface area contributed by atoms with Gasteiger partial charge in [-0.2, -0.15) is 4.31 Å². The van der Waals surface area contributed by atoms with Crippen LogP contribution in [0.3, 0.4) is 0 Å². The molecule has 20 heavy (non-hydrogen) atoms. The summed E-state index contributed by atoms with van der Waals surface area (Å²) in [5, 5.41) is 0. The summed E-state index contributed by atoms with van der Waals surface area (Å²) in [7, 11) is -3.68. The molecule has 0 N–H and O–H groups in total. The van der Waals surface area contributed by atoms with Gasteiger partial charge in [0.25, 0.3) is 0 Å². The van der Waals surface area contributed by atoms with Crippen LogP contribution in [0.4, 0.5) is 8.78 Å². The molecule has 6 heteroatoms. The van der Waals surface area contributed by atoms with Crippen molar-refractivity contribution in [1.29, 1.82) is 0 Å². The molecule has 0 bridgehead atoms. The Balaban J connectivity index is 2.42. The first-order valence-corrected chi connectivity index (χ1v) is 7.96. The van der Waals surface area contributed by atoms with Crippen LogP contribution in [-0.2, 0) is 10.0 Å². The second kappa shape index (κ2) is 5.07. The summed E-state index contributed by atoms with van der Waals surface area (Å²) in [4.78, 5) is 0.280. The van der Waals surface area contributed by atoms with E-state index in [1.165, 1.54) is 0 Å². The maximum atomic E-state index is 12.6. The van der Waals surface area contributed by atoms with Gasteiger partial charge in [-0.05, 0) is 49.9 Å². The largest absolute Gasteiger partial charge is 0.243 e. The van der Waals surface area contributed by atoms with Gasteiger partial charge in [-0.25, -0.2) is 17.2 Å². The zero-order valence-corrected chi connectivity index (χ0v) is 12.9. The molecule has 0 aromatic heterocycles. The molecule has 2 rings (SSSR count). The summed E-state index contributed by atoms with van der Waals surface area (Å²) in [6.45, 7) is 7.06. The van der Waals surface area contributed by atoms with Crippen LogP contribution in [0.25, 0.3) is 0 Å². The van der Waals surface area contributed by atoms with E-state index >= 15 is 0 Å². The Bertz CT molecular complexity index is 609. The Morgan fingerprint density at radius 1 is 1.10 bits per heavy atom. The van der Waals surface area contributed by atoms with E-state index in [0.717, 1.165) is 15.4 Å². The van der Waals surface area contributed by atoms with Gasteiger partial charge in [-0.15, -0.1) is 0 Å². The minimum Gasteiger partial charge on any atom is -0.210 e. The van der Waals surface area contributed by atoms with Crippen molar-refractivity contribution in [2.45, 2.75) is 39.0 Å². The van der Waals surface area contributed by atoms with Gasteiger partial charge >= 0.3 is 0 Å². The zero-order valence-electron chi connectivity index (χ0n) is 12.1. The fraction of sp³-hybridized carbons (Fsp3) is 0.571. The van der Waals surface area contributed by atoms with Crippen molar-refractivity contribution in [3.8, 4) is 0 Å². The summed E-state index contributed by atoms with van der Waals surface area (Å²) in [5.74, 6) is -0.837. The van der Waals surface area contributed by atoms with Crippen LogP contribution in [0.15, 0.2) is 11.0 Å². The number of rotatable bonds is 3. The molecular formula is C14H19F2NO2S. The molecule has 1 saturated heterocycles. The summed E-state index contributed by atoms with van der Waals surface area (Å²) >= 11 is 0. The Morgan fingerprint density at radius 2 is 1.55 bits per heavy atom. The normalized spacial score (nSPS) is 17.6. The van der Waals surface area contributed by atoms with Gasteiger partial charge in [0, 0.05) is 19.0 Å². The van der Waals surface area contributed by atoms with Gasteiger partial charge < -0.3 is 0 Å². The number of aryl methyl sites for hydroxylation is 2. The average molecular weight is 303 g/mol. The van der Waals surface area contributed by atoms with E-state index in [4.69, 9.17) is 0 Å². The third-order valence-electron chi connectivity index (χ3n) is 4.13. The number of alkyl halides is 2. The van der Waals surface area contributed by atoms with E-state index in [1.54, 1.807) is 13.8 Å². The van der Waals surface area contributed by atoms with Gasteiger partial charge in [-0.1, -0.05) is 6.07 Å². The smallest absolute Gasteiger partial charge is 0.210 e. The molecule has 1 aromatic rings. The van der Waals surface area contributed by atoms with Crippen molar-refractivity contribution in [3.05, 3.63) is 28.3 Å². The molecule has 1 aliphatic heterocycles. The molecule has 0 unspecified atom stereocenters. The number of hydrogen-bond acceptors (Lipinski definition) is 2. The first-order chi connectivity index (χ1) is 9.16. The molecule has 0 spiro atoms. The van der Waals surface area contributed by atoms with Crippen molar-refractivity contribution < 1.29 is 17.2 Å². The highest BCUT2D eigenvalue weighted by Gasteiger charge is 2.42. The quantitative estimate of drug-likeness (QED) is 0.861. The van der Waals surface area contributed by atoms with Crippen LogP contribution in [-0.4, -0.2) is 32.2 Å². The first kappa shape index (κ1) is 15.4. The molecule has 1 heterocycles. The highest BCUT2D eigenvalue weighted by Crippen LogP contribution is 2.33. The van der Waals surface area contributed by atoms with Crippen molar-refractivity contribution >= 4 is 10.0 Å². The lowest BCUT2D eigenvalue weighted by atomic mass is 10.0. The molecule has 0 aliphatic carbocycles. The first-order valence-electron chi connectivity index (χ1n) is 6.52. The van der Waals surface area contributed by atoms with Crippen LogP contribution in [0.5, 0.6) is 0 Å². The van der Waals surface area contributed by atoms with Gasteiger partial charge in [0.05, 0.1) is 4.90 Å². The molecular weight excluding hydrogens is 284 g/mol. The number of hydrogen-bond donors (Lipinski definition) is 0. The number of nitrogens with zero attached hydrogens (tertiary/aromatic N) is 1. The summed E-state index contributed by atoms with van der Waals surface area (Å²) in [5.41, 5.74) is 3.21. The molecule has 1 aliphatic rings. The number of sulfonamides is 1. The maximum Gasteiger partial charge on any atom is 0.243 e. The van der Waals surface area contributed by atoms with E-state index in [1.807, 2.05) is 19.9 Å². The van der Waals surface area contributed by atoms with Crippen LogP contribution >= 0.6 is 0 Å². The lowest BCUT2D eigenvalue weighted by Gasteiger charge is -2.38. The summed E-state index contributed by atoms with van der Waals surface area (Å²) < 4.78 is 51.4. The topological polar surface area (TPSA) is 37.4 Å². The molecule has 0 radical (unpaired) electrons. The third-order valence-corrected chi connectivity index (χ3v) is 6.23. The second-order valence-corrected chi connectivity index (χ2v) is 7.38. The Kier molecular flexibility index (Phi) is 3.90. The molecule has 0 amide bonds. The lowest BCUT2D eigenvalue weighted by molar-refractivity contribution is 0.0123. The molecule has 112 valence electrons. The van der Waals surface area contributed by atoms with Crippen LogP contribution in [0, 0.1) is 33.6 Å².